The Hall–Kier alpha value is -1.62. The Morgan fingerprint density at radius 2 is 2.36 bits per heavy atom. The molecule has 0 spiro atoms. The standard InChI is InChI=1S/C9H10N4S/c10-9-13-6-8(14-9)5-12-7-2-1-3-11-4-7/h1-4,6,12H,5H2,(H2,10,13). The van der Waals surface area contributed by atoms with Gasteiger partial charge in [-0.1, -0.05) is 0 Å². The van der Waals surface area contributed by atoms with Crippen molar-refractivity contribution in [3.8, 4) is 0 Å². The minimum Gasteiger partial charge on any atom is -0.379 e. The van der Waals surface area contributed by atoms with Crippen LogP contribution in [0.2, 0.25) is 0 Å². The van der Waals surface area contributed by atoms with E-state index in [1.165, 1.54) is 11.3 Å². The Kier molecular flexibility index (Phi) is 2.60. The van der Waals surface area contributed by atoms with Crippen molar-refractivity contribution in [1.82, 2.24) is 9.97 Å². The Labute approximate surface area is 85.8 Å². The predicted molar refractivity (Wildman–Crippen MR) is 58.1 cm³/mol. The number of nitrogens with two attached hydrogens (primary N) is 1. The molecular formula is C9H10N4S. The van der Waals surface area contributed by atoms with Gasteiger partial charge in [-0.3, -0.25) is 4.98 Å². The molecule has 2 aromatic heterocycles. The summed E-state index contributed by atoms with van der Waals surface area (Å²) >= 11 is 1.49. The molecule has 4 nitrogen and oxygen atoms in total. The zero-order valence-electron chi connectivity index (χ0n) is 7.47. The highest BCUT2D eigenvalue weighted by Gasteiger charge is 1.97. The SMILES string of the molecule is Nc1ncc(CNc2cccnc2)s1. The van der Waals surface area contributed by atoms with Crippen molar-refractivity contribution < 1.29 is 0 Å². The van der Waals surface area contributed by atoms with E-state index in [1.54, 1.807) is 18.6 Å². The zero-order valence-corrected chi connectivity index (χ0v) is 8.29. The van der Waals surface area contributed by atoms with Gasteiger partial charge in [-0.2, -0.15) is 0 Å². The molecule has 14 heavy (non-hydrogen) atoms. The number of nitrogens with one attached hydrogen (secondary N) is 1. The van der Waals surface area contributed by atoms with Crippen molar-refractivity contribution in [2.24, 2.45) is 0 Å². The third-order valence-electron chi connectivity index (χ3n) is 1.70. The van der Waals surface area contributed by atoms with E-state index in [4.69, 9.17) is 5.73 Å². The molecule has 0 amide bonds. The molecule has 0 radical (unpaired) electrons. The summed E-state index contributed by atoms with van der Waals surface area (Å²) in [5.74, 6) is 0. The van der Waals surface area contributed by atoms with E-state index in [9.17, 15) is 0 Å². The van der Waals surface area contributed by atoms with Crippen LogP contribution in [0, 0.1) is 0 Å². The molecule has 3 N–H and O–H groups in total. The van der Waals surface area contributed by atoms with E-state index in [0.717, 1.165) is 17.1 Å². The Bertz CT molecular complexity index is 398. The third-order valence-corrected chi connectivity index (χ3v) is 2.53. The first-order chi connectivity index (χ1) is 6.84. The minimum absolute atomic E-state index is 0.605. The van der Waals surface area contributed by atoms with E-state index in [-0.39, 0.29) is 0 Å². The Balaban J connectivity index is 1.95. The van der Waals surface area contributed by atoms with Crippen LogP contribution in [0.25, 0.3) is 0 Å². The van der Waals surface area contributed by atoms with E-state index >= 15 is 0 Å². The highest BCUT2D eigenvalue weighted by molar-refractivity contribution is 7.15. The summed E-state index contributed by atoms with van der Waals surface area (Å²) in [5, 5.41) is 3.83. The van der Waals surface area contributed by atoms with E-state index in [0.29, 0.717) is 5.13 Å². The molecule has 0 unspecified atom stereocenters. The number of anilines is 2. The van der Waals surface area contributed by atoms with Gasteiger partial charge in [-0.25, -0.2) is 4.98 Å². The van der Waals surface area contributed by atoms with Gasteiger partial charge in [-0.15, -0.1) is 11.3 Å². The van der Waals surface area contributed by atoms with Crippen molar-refractivity contribution in [2.75, 3.05) is 11.1 Å². The van der Waals surface area contributed by atoms with E-state index in [2.05, 4.69) is 15.3 Å². The van der Waals surface area contributed by atoms with Crippen LogP contribution in [0.1, 0.15) is 4.88 Å². The van der Waals surface area contributed by atoms with Crippen molar-refractivity contribution in [2.45, 2.75) is 6.54 Å². The molecule has 2 rings (SSSR count). The monoisotopic (exact) mass is 206 g/mol. The number of nitrogen functional groups attached to an aromatic ring is 1. The summed E-state index contributed by atoms with van der Waals surface area (Å²) in [7, 11) is 0. The van der Waals surface area contributed by atoms with E-state index in [1.807, 2.05) is 12.1 Å². The van der Waals surface area contributed by atoms with Crippen molar-refractivity contribution in [3.05, 3.63) is 35.6 Å². The van der Waals surface area contributed by atoms with Crippen molar-refractivity contribution >= 4 is 22.2 Å². The molecule has 0 saturated carbocycles. The first-order valence-electron chi connectivity index (χ1n) is 4.18. The number of hydrogen-bond donors (Lipinski definition) is 2. The van der Waals surface area contributed by atoms with Crippen LogP contribution in [0.15, 0.2) is 30.7 Å². The van der Waals surface area contributed by atoms with Crippen LogP contribution in [0.3, 0.4) is 0 Å². The highest BCUT2D eigenvalue weighted by atomic mass is 32.1. The van der Waals surface area contributed by atoms with Gasteiger partial charge in [0.25, 0.3) is 0 Å². The molecular weight excluding hydrogens is 196 g/mol. The number of nitrogens with zero attached hydrogens (tertiary/aromatic N) is 2. The van der Waals surface area contributed by atoms with Gasteiger partial charge in [0, 0.05) is 23.5 Å². The molecule has 0 saturated heterocycles. The number of pyridine rings is 1. The molecule has 0 aliphatic heterocycles. The van der Waals surface area contributed by atoms with Gasteiger partial charge in [0.15, 0.2) is 5.13 Å². The zero-order chi connectivity index (χ0) is 9.80. The molecule has 2 aromatic rings. The lowest BCUT2D eigenvalue weighted by atomic mass is 10.4. The molecule has 0 fully saturated rings. The summed E-state index contributed by atoms with van der Waals surface area (Å²) in [6, 6.07) is 3.86. The molecule has 0 aromatic carbocycles. The first-order valence-corrected chi connectivity index (χ1v) is 5.00. The topological polar surface area (TPSA) is 63.8 Å². The van der Waals surface area contributed by atoms with Crippen LogP contribution < -0.4 is 11.1 Å². The maximum atomic E-state index is 5.51. The fourth-order valence-electron chi connectivity index (χ4n) is 1.06. The number of hydrogen-bond acceptors (Lipinski definition) is 5. The smallest absolute Gasteiger partial charge is 0.180 e. The molecule has 5 heteroatoms. The van der Waals surface area contributed by atoms with Crippen LogP contribution in [0.5, 0.6) is 0 Å². The fraction of sp³-hybridized carbons (Fsp3) is 0.111. The largest absolute Gasteiger partial charge is 0.379 e. The van der Waals surface area contributed by atoms with Gasteiger partial charge < -0.3 is 11.1 Å². The molecule has 0 bridgehead atoms. The maximum absolute atomic E-state index is 5.51. The summed E-state index contributed by atoms with van der Waals surface area (Å²) < 4.78 is 0. The summed E-state index contributed by atoms with van der Waals surface area (Å²) in [5.41, 5.74) is 6.51. The lowest BCUT2D eigenvalue weighted by Crippen LogP contribution is -1.97. The highest BCUT2D eigenvalue weighted by Crippen LogP contribution is 2.15. The second kappa shape index (κ2) is 4.06. The van der Waals surface area contributed by atoms with Crippen LogP contribution in [-0.4, -0.2) is 9.97 Å². The lowest BCUT2D eigenvalue weighted by Gasteiger charge is -2.02. The summed E-state index contributed by atoms with van der Waals surface area (Å²) in [4.78, 5) is 9.09. The van der Waals surface area contributed by atoms with Gasteiger partial charge in [0.1, 0.15) is 0 Å². The summed E-state index contributed by atoms with van der Waals surface area (Å²) in [6.45, 7) is 0.737. The van der Waals surface area contributed by atoms with Crippen LogP contribution in [-0.2, 0) is 6.54 Å². The van der Waals surface area contributed by atoms with Gasteiger partial charge in [0.2, 0.25) is 0 Å². The number of rotatable bonds is 3. The molecule has 2 heterocycles. The van der Waals surface area contributed by atoms with E-state index < -0.39 is 0 Å². The molecule has 0 aliphatic carbocycles. The number of aromatic nitrogens is 2. The Morgan fingerprint density at radius 3 is 3.00 bits per heavy atom. The first kappa shape index (κ1) is 8.96. The second-order valence-electron chi connectivity index (χ2n) is 2.76. The average Bonchev–Trinajstić information content (AvgIpc) is 2.63. The van der Waals surface area contributed by atoms with Gasteiger partial charge in [0.05, 0.1) is 12.2 Å². The molecule has 0 aliphatic rings. The number of thiazole rings is 1. The normalized spacial score (nSPS) is 10.0. The Morgan fingerprint density at radius 1 is 1.43 bits per heavy atom. The maximum Gasteiger partial charge on any atom is 0.180 e. The predicted octanol–water partition coefficient (Wildman–Crippen LogP) is 1.73. The third kappa shape index (κ3) is 2.20. The second-order valence-corrected chi connectivity index (χ2v) is 3.91. The lowest BCUT2D eigenvalue weighted by molar-refractivity contribution is 1.16. The fourth-order valence-corrected chi connectivity index (χ4v) is 1.68. The van der Waals surface area contributed by atoms with Gasteiger partial charge >= 0.3 is 0 Å². The van der Waals surface area contributed by atoms with Crippen LogP contribution in [0.4, 0.5) is 10.8 Å². The van der Waals surface area contributed by atoms with Crippen molar-refractivity contribution in [1.29, 1.82) is 0 Å². The van der Waals surface area contributed by atoms with Crippen LogP contribution >= 0.6 is 11.3 Å². The average molecular weight is 206 g/mol. The quantitative estimate of drug-likeness (QED) is 0.802. The summed E-state index contributed by atoms with van der Waals surface area (Å²) in [6.07, 6.45) is 5.31. The van der Waals surface area contributed by atoms with Gasteiger partial charge in [-0.05, 0) is 12.1 Å². The minimum atomic E-state index is 0.605. The van der Waals surface area contributed by atoms with Crippen molar-refractivity contribution in [3.63, 3.8) is 0 Å². The molecule has 0 atom stereocenters. The molecule has 72 valence electrons.